The molecule has 0 fully saturated rings. The highest BCUT2D eigenvalue weighted by atomic mass is 79.9. The number of alkyl halides is 1. The van der Waals surface area contributed by atoms with Gasteiger partial charge in [0.05, 0.1) is 5.33 Å². The summed E-state index contributed by atoms with van der Waals surface area (Å²) in [6.45, 7) is 4.35. The lowest BCUT2D eigenvalue weighted by atomic mass is 10.0. The van der Waals surface area contributed by atoms with E-state index in [0.717, 1.165) is 11.3 Å². The summed E-state index contributed by atoms with van der Waals surface area (Å²) >= 11 is 3.11. The van der Waals surface area contributed by atoms with E-state index in [0.29, 0.717) is 11.2 Å². The second-order valence-corrected chi connectivity index (χ2v) is 4.21. The van der Waals surface area contributed by atoms with Crippen LogP contribution < -0.4 is 4.74 Å². The first-order valence-electron chi connectivity index (χ1n) is 4.94. The third kappa shape index (κ3) is 3.67. The van der Waals surface area contributed by atoms with Crippen molar-refractivity contribution < 1.29 is 9.53 Å². The van der Waals surface area contributed by atoms with Gasteiger partial charge >= 0.3 is 0 Å². The first kappa shape index (κ1) is 12.2. The maximum Gasteiger partial charge on any atom is 0.180 e. The summed E-state index contributed by atoms with van der Waals surface area (Å²) in [7, 11) is 0. The highest BCUT2D eigenvalue weighted by Crippen LogP contribution is 2.25. The minimum atomic E-state index is 0.0496. The van der Waals surface area contributed by atoms with Crippen LogP contribution in [0.25, 0.3) is 0 Å². The fourth-order valence-corrected chi connectivity index (χ4v) is 1.45. The van der Waals surface area contributed by atoms with E-state index in [1.54, 1.807) is 0 Å². The van der Waals surface area contributed by atoms with Gasteiger partial charge in [0.2, 0.25) is 0 Å². The average Bonchev–Trinajstić information content (AvgIpc) is 2.26. The van der Waals surface area contributed by atoms with Gasteiger partial charge in [-0.3, -0.25) is 4.79 Å². The lowest BCUT2D eigenvalue weighted by Crippen LogP contribution is -2.12. The highest BCUT2D eigenvalue weighted by Gasteiger charge is 2.08. The molecule has 0 unspecified atom stereocenters. The number of benzene rings is 1. The smallest absolute Gasteiger partial charge is 0.180 e. The topological polar surface area (TPSA) is 26.3 Å². The van der Waals surface area contributed by atoms with E-state index in [-0.39, 0.29) is 12.4 Å². The molecule has 1 rings (SSSR count). The van der Waals surface area contributed by atoms with Crippen molar-refractivity contribution in [1.82, 2.24) is 0 Å². The van der Waals surface area contributed by atoms with E-state index < -0.39 is 0 Å². The van der Waals surface area contributed by atoms with Crippen LogP contribution >= 0.6 is 15.9 Å². The van der Waals surface area contributed by atoms with Gasteiger partial charge in [-0.15, -0.1) is 0 Å². The Balaban J connectivity index is 2.71. The highest BCUT2D eigenvalue weighted by molar-refractivity contribution is 9.09. The van der Waals surface area contributed by atoms with Crippen molar-refractivity contribution in [3.63, 3.8) is 0 Å². The lowest BCUT2D eigenvalue weighted by Gasteiger charge is -2.12. The van der Waals surface area contributed by atoms with E-state index in [1.165, 1.54) is 0 Å². The number of hydrogen-bond acceptors (Lipinski definition) is 2. The number of rotatable bonds is 5. The third-order valence-corrected chi connectivity index (χ3v) is 2.70. The molecule has 0 aliphatic rings. The van der Waals surface area contributed by atoms with E-state index in [1.807, 2.05) is 24.3 Å². The molecule has 0 N–H and O–H groups in total. The monoisotopic (exact) mass is 270 g/mol. The maximum absolute atomic E-state index is 11.1. The molecule has 0 atom stereocenters. The van der Waals surface area contributed by atoms with Crippen molar-refractivity contribution in [2.24, 2.45) is 0 Å². The zero-order valence-electron chi connectivity index (χ0n) is 9.00. The van der Waals surface area contributed by atoms with Gasteiger partial charge < -0.3 is 4.74 Å². The minimum absolute atomic E-state index is 0.0496. The second kappa shape index (κ2) is 5.91. The zero-order chi connectivity index (χ0) is 11.3. The van der Waals surface area contributed by atoms with Gasteiger partial charge in [0.25, 0.3) is 0 Å². The SMILES string of the molecule is CC(C)c1ccccc1OCC(=O)CBr. The van der Waals surface area contributed by atoms with Crippen molar-refractivity contribution >= 4 is 21.7 Å². The van der Waals surface area contributed by atoms with Crippen molar-refractivity contribution in [2.75, 3.05) is 11.9 Å². The molecule has 15 heavy (non-hydrogen) atoms. The lowest BCUT2D eigenvalue weighted by molar-refractivity contribution is -0.118. The molecular weight excluding hydrogens is 256 g/mol. The van der Waals surface area contributed by atoms with Crippen molar-refractivity contribution in [3.05, 3.63) is 29.8 Å². The van der Waals surface area contributed by atoms with Gasteiger partial charge in [-0.05, 0) is 17.5 Å². The molecule has 0 aromatic heterocycles. The van der Waals surface area contributed by atoms with Gasteiger partial charge in [0.1, 0.15) is 12.4 Å². The number of Topliss-reactive ketones (excluding diaryl/α,β-unsaturated/α-hetero) is 1. The first-order chi connectivity index (χ1) is 7.15. The fraction of sp³-hybridized carbons (Fsp3) is 0.417. The summed E-state index contributed by atoms with van der Waals surface area (Å²) in [4.78, 5) is 11.1. The summed E-state index contributed by atoms with van der Waals surface area (Å²) in [5.41, 5.74) is 1.14. The molecule has 0 saturated carbocycles. The first-order valence-corrected chi connectivity index (χ1v) is 6.06. The van der Waals surface area contributed by atoms with Crippen LogP contribution in [0.15, 0.2) is 24.3 Å². The second-order valence-electron chi connectivity index (χ2n) is 3.65. The number of hydrogen-bond donors (Lipinski definition) is 0. The number of ketones is 1. The molecule has 82 valence electrons. The number of para-hydroxylation sites is 1. The Morgan fingerprint density at radius 2 is 2.07 bits per heavy atom. The molecular formula is C12H15BrO2. The molecule has 0 aliphatic heterocycles. The molecule has 0 saturated heterocycles. The Kier molecular flexibility index (Phi) is 4.82. The molecule has 0 bridgehead atoms. The van der Waals surface area contributed by atoms with Gasteiger partial charge in [-0.1, -0.05) is 48.0 Å². The standard InChI is InChI=1S/C12H15BrO2/c1-9(2)11-5-3-4-6-12(11)15-8-10(14)7-13/h3-6,9H,7-8H2,1-2H3. The van der Waals surface area contributed by atoms with Gasteiger partial charge in [-0.2, -0.15) is 0 Å². The predicted molar refractivity (Wildman–Crippen MR) is 64.8 cm³/mol. The Morgan fingerprint density at radius 3 is 2.67 bits per heavy atom. The number of halogens is 1. The number of carbonyl (C=O) groups excluding carboxylic acids is 1. The molecule has 3 heteroatoms. The molecule has 2 nitrogen and oxygen atoms in total. The van der Waals surface area contributed by atoms with Gasteiger partial charge in [-0.25, -0.2) is 0 Å². The normalized spacial score (nSPS) is 10.4. The fourth-order valence-electron chi connectivity index (χ4n) is 1.29. The van der Waals surface area contributed by atoms with Gasteiger partial charge in [0.15, 0.2) is 5.78 Å². The van der Waals surface area contributed by atoms with E-state index in [4.69, 9.17) is 4.74 Å². The molecule has 0 amide bonds. The summed E-state index contributed by atoms with van der Waals surface area (Å²) in [6.07, 6.45) is 0. The maximum atomic E-state index is 11.1. The largest absolute Gasteiger partial charge is 0.486 e. The third-order valence-electron chi connectivity index (χ3n) is 2.08. The molecule has 0 aliphatic carbocycles. The van der Waals surface area contributed by atoms with Crippen LogP contribution in [-0.4, -0.2) is 17.7 Å². The van der Waals surface area contributed by atoms with Crippen LogP contribution in [0.2, 0.25) is 0 Å². The minimum Gasteiger partial charge on any atom is -0.486 e. The summed E-state index contributed by atoms with van der Waals surface area (Å²) in [5.74, 6) is 1.26. The van der Waals surface area contributed by atoms with Crippen LogP contribution in [0.4, 0.5) is 0 Å². The summed E-state index contributed by atoms with van der Waals surface area (Å²) < 4.78 is 5.47. The van der Waals surface area contributed by atoms with Crippen molar-refractivity contribution in [3.8, 4) is 5.75 Å². The molecule has 1 aromatic carbocycles. The Morgan fingerprint density at radius 1 is 1.40 bits per heavy atom. The van der Waals surface area contributed by atoms with E-state index in [2.05, 4.69) is 29.8 Å². The Labute approximate surface area is 98.8 Å². The molecule has 0 radical (unpaired) electrons. The molecule has 0 spiro atoms. The molecule has 1 aromatic rings. The van der Waals surface area contributed by atoms with Crippen LogP contribution in [0.1, 0.15) is 25.3 Å². The van der Waals surface area contributed by atoms with Crippen LogP contribution in [-0.2, 0) is 4.79 Å². The Hall–Kier alpha value is -0.830. The average molecular weight is 271 g/mol. The van der Waals surface area contributed by atoms with Crippen LogP contribution in [0.5, 0.6) is 5.75 Å². The van der Waals surface area contributed by atoms with Crippen LogP contribution in [0.3, 0.4) is 0 Å². The molecule has 0 heterocycles. The Bertz CT molecular complexity index is 334. The van der Waals surface area contributed by atoms with Crippen LogP contribution in [0, 0.1) is 0 Å². The van der Waals surface area contributed by atoms with Crippen molar-refractivity contribution in [2.45, 2.75) is 19.8 Å². The summed E-state index contributed by atoms with van der Waals surface area (Å²) in [6, 6.07) is 7.82. The van der Waals surface area contributed by atoms with E-state index in [9.17, 15) is 4.79 Å². The number of carbonyl (C=O) groups is 1. The van der Waals surface area contributed by atoms with Gasteiger partial charge in [0, 0.05) is 0 Å². The van der Waals surface area contributed by atoms with E-state index >= 15 is 0 Å². The summed E-state index contributed by atoms with van der Waals surface area (Å²) in [5, 5.41) is 0.344. The van der Waals surface area contributed by atoms with Crippen molar-refractivity contribution in [1.29, 1.82) is 0 Å². The number of ether oxygens (including phenoxy) is 1. The zero-order valence-corrected chi connectivity index (χ0v) is 10.6. The predicted octanol–water partition coefficient (Wildman–Crippen LogP) is 3.15. The quantitative estimate of drug-likeness (QED) is 0.769.